The monoisotopic (exact) mass is 272 g/mol. The lowest BCUT2D eigenvalue weighted by atomic mass is 9.93. The molecule has 0 spiro atoms. The molecule has 0 aromatic heterocycles. The van der Waals surface area contributed by atoms with Gasteiger partial charge in [-0.15, -0.1) is 0 Å². The fraction of sp³-hybridized carbons (Fsp3) is 0.846. The second kappa shape index (κ2) is 7.69. The SMILES string of the molecule is CCCC(C(=O)N1CCCC(CCO)C1)C(N)=S. The van der Waals surface area contributed by atoms with Gasteiger partial charge in [-0.3, -0.25) is 4.79 Å². The molecule has 0 aromatic rings. The van der Waals surface area contributed by atoms with Gasteiger partial charge in [0.25, 0.3) is 0 Å². The van der Waals surface area contributed by atoms with Crippen molar-refractivity contribution in [3.8, 4) is 0 Å². The number of thiocarbonyl (C=S) groups is 1. The molecule has 3 N–H and O–H groups in total. The molecular weight excluding hydrogens is 248 g/mol. The van der Waals surface area contributed by atoms with E-state index in [9.17, 15) is 4.79 Å². The molecule has 1 aliphatic heterocycles. The third kappa shape index (κ3) is 4.21. The Morgan fingerprint density at radius 1 is 1.61 bits per heavy atom. The lowest BCUT2D eigenvalue weighted by Crippen LogP contribution is -2.46. The van der Waals surface area contributed by atoms with Crippen LogP contribution in [0.2, 0.25) is 0 Å². The zero-order chi connectivity index (χ0) is 13.5. The van der Waals surface area contributed by atoms with Crippen LogP contribution in [0.15, 0.2) is 0 Å². The van der Waals surface area contributed by atoms with Gasteiger partial charge in [-0.1, -0.05) is 25.6 Å². The van der Waals surface area contributed by atoms with E-state index in [-0.39, 0.29) is 18.4 Å². The summed E-state index contributed by atoms with van der Waals surface area (Å²) in [5.41, 5.74) is 5.67. The Balaban J connectivity index is 2.60. The Bertz CT molecular complexity index is 295. The van der Waals surface area contributed by atoms with Gasteiger partial charge in [0.1, 0.15) is 0 Å². The average Bonchev–Trinajstić information content (AvgIpc) is 2.35. The fourth-order valence-corrected chi connectivity index (χ4v) is 2.80. The summed E-state index contributed by atoms with van der Waals surface area (Å²) in [7, 11) is 0. The quantitative estimate of drug-likeness (QED) is 0.716. The molecule has 104 valence electrons. The first-order valence-corrected chi connectivity index (χ1v) is 7.19. The van der Waals surface area contributed by atoms with E-state index in [4.69, 9.17) is 23.1 Å². The van der Waals surface area contributed by atoms with E-state index in [0.717, 1.165) is 45.2 Å². The number of hydrogen-bond acceptors (Lipinski definition) is 3. The number of nitrogens with two attached hydrogens (primary N) is 1. The van der Waals surface area contributed by atoms with Gasteiger partial charge < -0.3 is 15.7 Å². The molecule has 4 nitrogen and oxygen atoms in total. The number of carbonyl (C=O) groups excluding carboxylic acids is 1. The fourth-order valence-electron chi connectivity index (χ4n) is 2.58. The van der Waals surface area contributed by atoms with E-state index in [1.54, 1.807) is 0 Å². The first-order valence-electron chi connectivity index (χ1n) is 6.79. The van der Waals surface area contributed by atoms with E-state index in [0.29, 0.717) is 10.9 Å². The highest BCUT2D eigenvalue weighted by molar-refractivity contribution is 7.80. The summed E-state index contributed by atoms with van der Waals surface area (Å²) in [5, 5.41) is 8.98. The molecule has 1 heterocycles. The van der Waals surface area contributed by atoms with Crippen LogP contribution in [-0.4, -0.2) is 40.6 Å². The maximum Gasteiger partial charge on any atom is 0.232 e. The summed E-state index contributed by atoms with van der Waals surface area (Å²) < 4.78 is 0. The molecule has 1 fully saturated rings. The van der Waals surface area contributed by atoms with E-state index >= 15 is 0 Å². The van der Waals surface area contributed by atoms with Crippen molar-refractivity contribution in [1.29, 1.82) is 0 Å². The lowest BCUT2D eigenvalue weighted by molar-refractivity contribution is -0.135. The van der Waals surface area contributed by atoms with Crippen molar-refractivity contribution in [2.24, 2.45) is 17.6 Å². The first kappa shape index (κ1) is 15.4. The third-order valence-corrected chi connectivity index (χ3v) is 3.87. The van der Waals surface area contributed by atoms with Gasteiger partial charge in [-0.25, -0.2) is 0 Å². The van der Waals surface area contributed by atoms with Crippen molar-refractivity contribution in [2.75, 3.05) is 19.7 Å². The minimum absolute atomic E-state index is 0.0759. The van der Waals surface area contributed by atoms with Crippen LogP contribution < -0.4 is 5.73 Å². The Morgan fingerprint density at radius 2 is 2.33 bits per heavy atom. The number of hydrogen-bond donors (Lipinski definition) is 2. The zero-order valence-corrected chi connectivity index (χ0v) is 11.9. The van der Waals surface area contributed by atoms with Crippen molar-refractivity contribution >= 4 is 23.1 Å². The van der Waals surface area contributed by atoms with Crippen LogP contribution in [0.5, 0.6) is 0 Å². The predicted molar refractivity (Wildman–Crippen MR) is 76.2 cm³/mol. The maximum atomic E-state index is 12.4. The van der Waals surface area contributed by atoms with E-state index in [1.165, 1.54) is 0 Å². The molecule has 1 saturated heterocycles. The molecular formula is C13H24N2O2S. The number of nitrogens with zero attached hydrogens (tertiary/aromatic N) is 1. The summed E-state index contributed by atoms with van der Waals surface area (Å²) in [6, 6.07) is 0. The van der Waals surface area contributed by atoms with E-state index in [1.807, 2.05) is 11.8 Å². The lowest BCUT2D eigenvalue weighted by Gasteiger charge is -2.34. The molecule has 5 heteroatoms. The smallest absolute Gasteiger partial charge is 0.232 e. The van der Waals surface area contributed by atoms with E-state index in [2.05, 4.69) is 0 Å². The van der Waals surface area contributed by atoms with Crippen molar-refractivity contribution in [3.63, 3.8) is 0 Å². The van der Waals surface area contributed by atoms with Crippen molar-refractivity contribution in [1.82, 2.24) is 4.90 Å². The van der Waals surface area contributed by atoms with Gasteiger partial charge in [0.15, 0.2) is 0 Å². The summed E-state index contributed by atoms with van der Waals surface area (Å²) >= 11 is 5.00. The number of carbonyl (C=O) groups is 1. The number of piperidine rings is 1. The van der Waals surface area contributed by atoms with Gasteiger partial charge in [-0.2, -0.15) is 0 Å². The third-order valence-electron chi connectivity index (χ3n) is 3.59. The van der Waals surface area contributed by atoms with Crippen molar-refractivity contribution in [2.45, 2.75) is 39.0 Å². The van der Waals surface area contributed by atoms with Crippen molar-refractivity contribution < 1.29 is 9.90 Å². The number of rotatable bonds is 6. The largest absolute Gasteiger partial charge is 0.396 e. The molecule has 0 aliphatic carbocycles. The molecule has 18 heavy (non-hydrogen) atoms. The van der Waals surface area contributed by atoms with Gasteiger partial charge in [-0.05, 0) is 31.6 Å². The van der Waals surface area contributed by atoms with Gasteiger partial charge in [0.05, 0.1) is 10.9 Å². The molecule has 0 saturated carbocycles. The Labute approximate surface area is 115 Å². The highest BCUT2D eigenvalue weighted by atomic mass is 32.1. The van der Waals surface area contributed by atoms with E-state index < -0.39 is 0 Å². The zero-order valence-electron chi connectivity index (χ0n) is 11.1. The Kier molecular flexibility index (Phi) is 6.57. The second-order valence-corrected chi connectivity index (χ2v) is 5.52. The molecule has 2 unspecified atom stereocenters. The van der Waals surface area contributed by atoms with Crippen molar-refractivity contribution in [3.05, 3.63) is 0 Å². The Morgan fingerprint density at radius 3 is 2.89 bits per heavy atom. The molecule has 1 amide bonds. The normalized spacial score (nSPS) is 21.7. The highest BCUT2D eigenvalue weighted by Crippen LogP contribution is 2.22. The summed E-state index contributed by atoms with van der Waals surface area (Å²) in [6.07, 6.45) is 4.51. The van der Waals surface area contributed by atoms with Crippen LogP contribution in [0, 0.1) is 11.8 Å². The summed E-state index contributed by atoms with van der Waals surface area (Å²) in [6.45, 7) is 3.76. The average molecular weight is 272 g/mol. The summed E-state index contributed by atoms with van der Waals surface area (Å²) in [4.78, 5) is 14.6. The minimum Gasteiger partial charge on any atom is -0.396 e. The second-order valence-electron chi connectivity index (χ2n) is 5.05. The molecule has 0 radical (unpaired) electrons. The number of amides is 1. The van der Waals surface area contributed by atoms with Crippen LogP contribution in [-0.2, 0) is 4.79 Å². The number of likely N-dealkylation sites (tertiary alicyclic amines) is 1. The first-order chi connectivity index (χ1) is 8.60. The topological polar surface area (TPSA) is 66.6 Å². The molecule has 1 rings (SSSR count). The maximum absolute atomic E-state index is 12.4. The molecule has 0 aromatic carbocycles. The van der Waals surface area contributed by atoms with Gasteiger partial charge in [0, 0.05) is 19.7 Å². The molecule has 1 aliphatic rings. The van der Waals surface area contributed by atoms with Crippen LogP contribution in [0.1, 0.15) is 39.0 Å². The predicted octanol–water partition coefficient (Wildman–Crippen LogP) is 1.31. The van der Waals surface area contributed by atoms with Gasteiger partial charge >= 0.3 is 0 Å². The van der Waals surface area contributed by atoms with Crippen LogP contribution >= 0.6 is 12.2 Å². The number of aliphatic hydroxyl groups is 1. The molecule has 2 atom stereocenters. The highest BCUT2D eigenvalue weighted by Gasteiger charge is 2.29. The van der Waals surface area contributed by atoms with Crippen LogP contribution in [0.25, 0.3) is 0 Å². The standard InChI is InChI=1S/C13H24N2O2S/c1-2-4-11(12(14)18)13(17)15-7-3-5-10(9-15)6-8-16/h10-11,16H,2-9H2,1H3,(H2,14,18). The summed E-state index contributed by atoms with van der Waals surface area (Å²) in [5.74, 6) is 0.186. The van der Waals surface area contributed by atoms with Crippen LogP contribution in [0.4, 0.5) is 0 Å². The van der Waals surface area contributed by atoms with Gasteiger partial charge in [0.2, 0.25) is 5.91 Å². The van der Waals surface area contributed by atoms with Crippen LogP contribution in [0.3, 0.4) is 0 Å². The molecule has 0 bridgehead atoms. The minimum atomic E-state index is -0.308. The number of aliphatic hydroxyl groups excluding tert-OH is 1. The Hall–Kier alpha value is -0.680.